The molecule has 0 aromatic carbocycles. The maximum atomic E-state index is 12.6. The summed E-state index contributed by atoms with van der Waals surface area (Å²) in [5, 5.41) is 0. The molecule has 3 rings (SSSR count). The molecule has 1 saturated heterocycles. The summed E-state index contributed by atoms with van der Waals surface area (Å²) in [7, 11) is 2.10. The van der Waals surface area contributed by atoms with E-state index in [1.807, 2.05) is 4.90 Å². The molecule has 0 saturated carbocycles. The molecule has 1 unspecified atom stereocenters. The van der Waals surface area contributed by atoms with Crippen LogP contribution in [0.4, 0.5) is 4.79 Å². The first kappa shape index (κ1) is 15.3. The molecule has 1 aromatic rings. The van der Waals surface area contributed by atoms with Gasteiger partial charge in [-0.05, 0) is 32.4 Å². The Morgan fingerprint density at radius 3 is 3.00 bits per heavy atom. The number of aromatic nitrogens is 2. The molecule has 3 heterocycles. The zero-order valence-electron chi connectivity index (χ0n) is 13.7. The first-order valence-electron chi connectivity index (χ1n) is 8.23. The second kappa shape index (κ2) is 6.28. The number of carbonyl (C=O) groups is 1. The molecule has 2 atom stereocenters. The lowest BCUT2D eigenvalue weighted by Crippen LogP contribution is -2.43. The fraction of sp³-hybridized carbons (Fsp3) is 0.750. The highest BCUT2D eigenvalue weighted by molar-refractivity contribution is 5.69. The van der Waals surface area contributed by atoms with Crippen LogP contribution in [0.5, 0.6) is 0 Å². The number of nitrogens with one attached hydrogen (secondary N) is 1. The number of hydrogen-bond donors (Lipinski definition) is 1. The van der Waals surface area contributed by atoms with Gasteiger partial charge in [0.25, 0.3) is 0 Å². The van der Waals surface area contributed by atoms with Crippen LogP contribution in [-0.4, -0.2) is 58.6 Å². The van der Waals surface area contributed by atoms with Crippen molar-refractivity contribution >= 4 is 6.09 Å². The average Bonchev–Trinajstić information content (AvgIpc) is 3.11. The quantitative estimate of drug-likeness (QED) is 0.930. The molecule has 6 heteroatoms. The van der Waals surface area contributed by atoms with Crippen molar-refractivity contribution in [2.45, 2.75) is 45.2 Å². The van der Waals surface area contributed by atoms with Gasteiger partial charge in [-0.1, -0.05) is 13.8 Å². The number of likely N-dealkylation sites (tertiary alicyclic amines) is 1. The summed E-state index contributed by atoms with van der Waals surface area (Å²) in [6.45, 7) is 6.53. The highest BCUT2D eigenvalue weighted by Gasteiger charge is 2.36. The number of rotatable bonds is 3. The number of fused-ring (bicyclic) bond motifs is 1. The predicted molar refractivity (Wildman–Crippen MR) is 83.6 cm³/mol. The minimum absolute atomic E-state index is 0.00353. The van der Waals surface area contributed by atoms with Crippen LogP contribution in [0, 0.1) is 5.92 Å². The summed E-state index contributed by atoms with van der Waals surface area (Å²) in [5.41, 5.74) is 2.15. The zero-order chi connectivity index (χ0) is 15.7. The van der Waals surface area contributed by atoms with E-state index in [9.17, 15) is 4.79 Å². The minimum atomic E-state index is -0.201. The van der Waals surface area contributed by atoms with Crippen molar-refractivity contribution < 1.29 is 9.53 Å². The number of ether oxygens (including phenoxy) is 1. The lowest BCUT2D eigenvalue weighted by molar-refractivity contribution is 0.0554. The van der Waals surface area contributed by atoms with Crippen molar-refractivity contribution in [2.75, 3.05) is 26.7 Å². The van der Waals surface area contributed by atoms with Crippen LogP contribution in [0.2, 0.25) is 0 Å². The molecular weight excluding hydrogens is 280 g/mol. The van der Waals surface area contributed by atoms with Gasteiger partial charge in [0.15, 0.2) is 0 Å². The third kappa shape index (κ3) is 2.84. The Morgan fingerprint density at radius 1 is 1.50 bits per heavy atom. The fourth-order valence-corrected chi connectivity index (χ4v) is 3.63. The van der Waals surface area contributed by atoms with Crippen LogP contribution in [0.1, 0.15) is 44.1 Å². The van der Waals surface area contributed by atoms with Gasteiger partial charge in [-0.25, -0.2) is 9.78 Å². The predicted octanol–water partition coefficient (Wildman–Crippen LogP) is 2.20. The standard InChI is InChI=1S/C16H26N4O2/c1-11(2)15-14-13(17-10-18-14)6-8-20(15)16(21)22-9-12-5-4-7-19(12)3/h10-12,15H,4-9H2,1-3H3,(H,17,18)/t12-,15?/m0/s1. The monoisotopic (exact) mass is 306 g/mol. The molecule has 2 aliphatic rings. The van der Waals surface area contributed by atoms with Gasteiger partial charge in [0.1, 0.15) is 6.61 Å². The van der Waals surface area contributed by atoms with Gasteiger partial charge >= 0.3 is 6.09 Å². The molecule has 2 aliphatic heterocycles. The molecule has 0 aliphatic carbocycles. The number of imidazole rings is 1. The number of amides is 1. The van der Waals surface area contributed by atoms with Crippen LogP contribution >= 0.6 is 0 Å². The molecular formula is C16H26N4O2. The summed E-state index contributed by atoms with van der Waals surface area (Å²) in [5.74, 6) is 0.309. The number of aromatic amines is 1. The number of nitrogens with zero attached hydrogens (tertiary/aromatic N) is 3. The maximum absolute atomic E-state index is 12.6. The number of hydrogen-bond acceptors (Lipinski definition) is 4. The van der Waals surface area contributed by atoms with E-state index in [1.165, 1.54) is 6.42 Å². The van der Waals surface area contributed by atoms with Crippen molar-refractivity contribution in [3.63, 3.8) is 0 Å². The summed E-state index contributed by atoms with van der Waals surface area (Å²) >= 11 is 0. The molecule has 1 aromatic heterocycles. The Labute approximate surface area is 131 Å². The third-order valence-corrected chi connectivity index (χ3v) is 4.91. The average molecular weight is 306 g/mol. The molecule has 0 bridgehead atoms. The largest absolute Gasteiger partial charge is 0.448 e. The van der Waals surface area contributed by atoms with Gasteiger partial charge < -0.3 is 14.6 Å². The van der Waals surface area contributed by atoms with Crippen molar-refractivity contribution in [1.29, 1.82) is 0 Å². The molecule has 0 spiro atoms. The Morgan fingerprint density at radius 2 is 2.32 bits per heavy atom. The maximum Gasteiger partial charge on any atom is 0.410 e. The van der Waals surface area contributed by atoms with E-state index in [4.69, 9.17) is 4.74 Å². The minimum Gasteiger partial charge on any atom is -0.448 e. The molecule has 1 fully saturated rings. The lowest BCUT2D eigenvalue weighted by Gasteiger charge is -2.36. The Balaban J connectivity index is 1.66. The fourth-order valence-electron chi connectivity index (χ4n) is 3.63. The number of likely N-dealkylation sites (N-methyl/N-ethyl adjacent to an activating group) is 1. The van der Waals surface area contributed by atoms with Crippen molar-refractivity contribution in [2.24, 2.45) is 5.92 Å². The van der Waals surface area contributed by atoms with Crippen molar-refractivity contribution in [3.8, 4) is 0 Å². The van der Waals surface area contributed by atoms with E-state index < -0.39 is 0 Å². The summed E-state index contributed by atoms with van der Waals surface area (Å²) in [6, 6.07) is 0.371. The third-order valence-electron chi connectivity index (χ3n) is 4.91. The van der Waals surface area contributed by atoms with Crippen LogP contribution in [0.15, 0.2) is 6.33 Å². The van der Waals surface area contributed by atoms with Gasteiger partial charge in [-0.3, -0.25) is 4.90 Å². The highest BCUT2D eigenvalue weighted by Crippen LogP contribution is 2.33. The number of H-pyrrole nitrogens is 1. The van der Waals surface area contributed by atoms with Gasteiger partial charge in [0.2, 0.25) is 0 Å². The van der Waals surface area contributed by atoms with Crippen LogP contribution in [0.25, 0.3) is 0 Å². The summed E-state index contributed by atoms with van der Waals surface area (Å²) in [6.07, 6.45) is 4.64. The molecule has 122 valence electrons. The van der Waals surface area contributed by atoms with Gasteiger partial charge in [-0.2, -0.15) is 0 Å². The van der Waals surface area contributed by atoms with Crippen LogP contribution in [0.3, 0.4) is 0 Å². The Kier molecular flexibility index (Phi) is 4.38. The lowest BCUT2D eigenvalue weighted by atomic mass is 9.94. The molecule has 1 N–H and O–H groups in total. The van der Waals surface area contributed by atoms with E-state index in [0.717, 1.165) is 30.8 Å². The van der Waals surface area contributed by atoms with Crippen LogP contribution in [-0.2, 0) is 11.2 Å². The first-order valence-corrected chi connectivity index (χ1v) is 8.23. The molecule has 1 amide bonds. The number of carbonyl (C=O) groups excluding carboxylic acids is 1. The second-order valence-electron chi connectivity index (χ2n) is 6.75. The SMILES string of the molecule is CC(C)C1c2nc[nH]c2CCN1C(=O)OC[C@@H]1CCCN1C. The van der Waals surface area contributed by atoms with E-state index in [-0.39, 0.29) is 12.1 Å². The van der Waals surface area contributed by atoms with E-state index in [1.54, 1.807) is 6.33 Å². The van der Waals surface area contributed by atoms with E-state index in [2.05, 4.69) is 35.8 Å². The first-order chi connectivity index (χ1) is 10.6. The molecule has 0 radical (unpaired) electrons. The Bertz CT molecular complexity index is 528. The molecule has 22 heavy (non-hydrogen) atoms. The zero-order valence-corrected chi connectivity index (χ0v) is 13.7. The normalized spacial score (nSPS) is 25.5. The second-order valence-corrected chi connectivity index (χ2v) is 6.75. The van der Waals surface area contributed by atoms with E-state index in [0.29, 0.717) is 25.1 Å². The summed E-state index contributed by atoms with van der Waals surface area (Å²) < 4.78 is 5.62. The summed E-state index contributed by atoms with van der Waals surface area (Å²) in [4.78, 5) is 24.3. The Hall–Kier alpha value is -1.56. The van der Waals surface area contributed by atoms with Gasteiger partial charge in [-0.15, -0.1) is 0 Å². The van der Waals surface area contributed by atoms with Crippen LogP contribution < -0.4 is 0 Å². The molecule has 6 nitrogen and oxygen atoms in total. The van der Waals surface area contributed by atoms with Gasteiger partial charge in [0, 0.05) is 24.7 Å². The smallest absolute Gasteiger partial charge is 0.410 e. The van der Waals surface area contributed by atoms with Gasteiger partial charge in [0.05, 0.1) is 18.1 Å². The topological polar surface area (TPSA) is 61.5 Å². The highest BCUT2D eigenvalue weighted by atomic mass is 16.6. The van der Waals surface area contributed by atoms with E-state index >= 15 is 0 Å². The van der Waals surface area contributed by atoms with Crippen molar-refractivity contribution in [1.82, 2.24) is 19.8 Å². The van der Waals surface area contributed by atoms with Crippen molar-refractivity contribution in [3.05, 3.63) is 17.7 Å².